The third kappa shape index (κ3) is 4.76. The minimum absolute atomic E-state index is 0.283. The summed E-state index contributed by atoms with van der Waals surface area (Å²) >= 11 is 1.69. The van der Waals surface area contributed by atoms with Gasteiger partial charge in [0.25, 0.3) is 0 Å². The summed E-state index contributed by atoms with van der Waals surface area (Å²) in [7, 11) is 0. The standard InChI is InChI=1S/C25H26F2N6S/c1-34-22-7-3-2-6-18(22)23-31-21-14-30-25(29-13-16-8-9-19(26)20(27)11-16)32-24(21)33(23)15-17-5-4-10-28-12-17/h2-3,6-9,11,14,17,28H,4-5,10,12-13,15H2,1H3,(H,29,30,32)/t17-/m1/s1. The van der Waals surface area contributed by atoms with Crippen LogP contribution in [0.1, 0.15) is 18.4 Å². The van der Waals surface area contributed by atoms with E-state index in [1.165, 1.54) is 6.07 Å². The average molecular weight is 481 g/mol. The average Bonchev–Trinajstić information content (AvgIpc) is 3.22. The number of aromatic nitrogens is 4. The topological polar surface area (TPSA) is 67.7 Å². The summed E-state index contributed by atoms with van der Waals surface area (Å²) in [6.07, 6.45) is 6.10. The number of rotatable bonds is 7. The summed E-state index contributed by atoms with van der Waals surface area (Å²) in [5.74, 6) is 0.0647. The largest absolute Gasteiger partial charge is 0.350 e. The summed E-state index contributed by atoms with van der Waals surface area (Å²) in [5.41, 5.74) is 3.18. The first-order chi connectivity index (χ1) is 16.6. The fourth-order valence-corrected chi connectivity index (χ4v) is 4.97. The molecule has 1 aliphatic heterocycles. The maximum absolute atomic E-state index is 13.6. The van der Waals surface area contributed by atoms with Crippen LogP contribution >= 0.6 is 11.8 Å². The Bertz CT molecular complexity index is 1300. The molecule has 0 unspecified atom stereocenters. The van der Waals surface area contributed by atoms with Gasteiger partial charge in [0, 0.05) is 23.5 Å². The van der Waals surface area contributed by atoms with E-state index in [2.05, 4.69) is 38.6 Å². The number of nitrogens with one attached hydrogen (secondary N) is 2. The molecular formula is C25H26F2N6S. The molecule has 3 heterocycles. The quantitative estimate of drug-likeness (QED) is 0.359. The number of hydrogen-bond donors (Lipinski definition) is 2. The van der Waals surface area contributed by atoms with Gasteiger partial charge in [-0.3, -0.25) is 0 Å². The lowest BCUT2D eigenvalue weighted by atomic mass is 9.99. The Morgan fingerprint density at radius 1 is 1.15 bits per heavy atom. The number of nitrogens with zero attached hydrogens (tertiary/aromatic N) is 4. The smallest absolute Gasteiger partial charge is 0.225 e. The molecule has 4 aromatic rings. The van der Waals surface area contributed by atoms with Crippen LogP contribution in [0.5, 0.6) is 0 Å². The molecule has 0 saturated carbocycles. The zero-order chi connectivity index (χ0) is 23.5. The summed E-state index contributed by atoms with van der Waals surface area (Å²) in [4.78, 5) is 15.3. The monoisotopic (exact) mass is 480 g/mol. The molecule has 0 amide bonds. The first-order valence-corrected chi connectivity index (χ1v) is 12.6. The molecule has 2 aromatic carbocycles. The fourth-order valence-electron chi connectivity index (χ4n) is 4.38. The van der Waals surface area contributed by atoms with Crippen molar-refractivity contribution in [2.75, 3.05) is 24.7 Å². The van der Waals surface area contributed by atoms with Crippen LogP contribution in [-0.2, 0) is 13.1 Å². The van der Waals surface area contributed by atoms with Crippen LogP contribution < -0.4 is 10.6 Å². The fraction of sp³-hybridized carbons (Fsp3) is 0.320. The van der Waals surface area contributed by atoms with Crippen LogP contribution in [-0.4, -0.2) is 38.9 Å². The van der Waals surface area contributed by atoms with Crippen molar-refractivity contribution >= 4 is 28.9 Å². The highest BCUT2D eigenvalue weighted by Gasteiger charge is 2.21. The van der Waals surface area contributed by atoms with Crippen LogP contribution in [0.15, 0.2) is 53.6 Å². The van der Waals surface area contributed by atoms with E-state index in [-0.39, 0.29) is 6.54 Å². The lowest BCUT2D eigenvalue weighted by molar-refractivity contribution is 0.341. The molecule has 0 spiro atoms. The number of anilines is 1. The van der Waals surface area contributed by atoms with E-state index < -0.39 is 11.6 Å². The van der Waals surface area contributed by atoms with Gasteiger partial charge in [0.2, 0.25) is 5.95 Å². The number of piperidine rings is 1. The van der Waals surface area contributed by atoms with Crippen LogP contribution in [0.4, 0.5) is 14.7 Å². The number of imidazole rings is 1. The lowest BCUT2D eigenvalue weighted by Crippen LogP contribution is -2.32. The van der Waals surface area contributed by atoms with Crippen molar-refractivity contribution in [1.29, 1.82) is 0 Å². The van der Waals surface area contributed by atoms with E-state index >= 15 is 0 Å². The van der Waals surface area contributed by atoms with Crippen molar-refractivity contribution in [2.45, 2.75) is 30.8 Å². The van der Waals surface area contributed by atoms with Crippen molar-refractivity contribution in [2.24, 2.45) is 5.92 Å². The third-order valence-electron chi connectivity index (χ3n) is 6.11. The Morgan fingerprint density at radius 2 is 2.03 bits per heavy atom. The SMILES string of the molecule is CSc1ccccc1-c1nc2cnc(NCc3ccc(F)c(F)c3)nc2n1C[C@@H]1CCCNC1. The van der Waals surface area contributed by atoms with E-state index in [0.717, 1.165) is 66.0 Å². The number of hydrogen-bond acceptors (Lipinski definition) is 6. The van der Waals surface area contributed by atoms with Gasteiger partial charge in [0.05, 0.1) is 6.20 Å². The molecule has 2 aromatic heterocycles. The molecule has 1 fully saturated rings. The summed E-state index contributed by atoms with van der Waals surface area (Å²) in [6, 6.07) is 12.1. The zero-order valence-corrected chi connectivity index (χ0v) is 19.7. The third-order valence-corrected chi connectivity index (χ3v) is 6.91. The van der Waals surface area contributed by atoms with Crippen LogP contribution in [0.2, 0.25) is 0 Å². The Hall–Kier alpha value is -3.04. The van der Waals surface area contributed by atoms with Crippen molar-refractivity contribution in [1.82, 2.24) is 24.8 Å². The molecule has 0 aliphatic carbocycles. The second kappa shape index (κ2) is 10.1. The Morgan fingerprint density at radius 3 is 2.82 bits per heavy atom. The number of thioether (sulfide) groups is 1. The van der Waals surface area contributed by atoms with Crippen molar-refractivity contribution in [3.63, 3.8) is 0 Å². The molecule has 2 N–H and O–H groups in total. The highest BCUT2D eigenvalue weighted by molar-refractivity contribution is 7.98. The first-order valence-electron chi connectivity index (χ1n) is 11.4. The van der Waals surface area contributed by atoms with Crippen molar-refractivity contribution < 1.29 is 8.78 Å². The minimum Gasteiger partial charge on any atom is -0.350 e. The summed E-state index contributed by atoms with van der Waals surface area (Å²) < 4.78 is 29.0. The Labute approximate surface area is 201 Å². The number of halogens is 2. The second-order valence-electron chi connectivity index (χ2n) is 8.46. The minimum atomic E-state index is -0.869. The van der Waals surface area contributed by atoms with E-state index in [4.69, 9.17) is 9.97 Å². The van der Waals surface area contributed by atoms with Gasteiger partial charge >= 0.3 is 0 Å². The molecule has 9 heteroatoms. The molecule has 5 rings (SSSR count). The van der Waals surface area contributed by atoms with Gasteiger partial charge in [-0.15, -0.1) is 11.8 Å². The maximum Gasteiger partial charge on any atom is 0.225 e. The van der Waals surface area contributed by atoms with Gasteiger partial charge in [-0.2, -0.15) is 4.98 Å². The molecule has 0 radical (unpaired) electrons. The van der Waals surface area contributed by atoms with Crippen molar-refractivity contribution in [3.05, 3.63) is 65.9 Å². The van der Waals surface area contributed by atoms with E-state index in [1.807, 2.05) is 12.1 Å². The van der Waals surface area contributed by atoms with Crippen molar-refractivity contribution in [3.8, 4) is 11.4 Å². The molecule has 1 atom stereocenters. The molecule has 0 bridgehead atoms. The number of benzene rings is 2. The van der Waals surface area contributed by atoms with Gasteiger partial charge in [-0.1, -0.05) is 24.3 Å². The van der Waals surface area contributed by atoms with Crippen LogP contribution in [0.3, 0.4) is 0 Å². The first kappa shape index (κ1) is 22.7. The highest BCUT2D eigenvalue weighted by atomic mass is 32.2. The van der Waals surface area contributed by atoms with Crippen LogP contribution in [0, 0.1) is 17.6 Å². The predicted octanol–water partition coefficient (Wildman–Crippen LogP) is 5.11. The molecular weight excluding hydrogens is 454 g/mol. The molecule has 176 valence electrons. The summed E-state index contributed by atoms with van der Waals surface area (Å²) in [5, 5.41) is 6.63. The maximum atomic E-state index is 13.6. The predicted molar refractivity (Wildman–Crippen MR) is 132 cm³/mol. The van der Waals surface area contributed by atoms with Gasteiger partial charge in [0.15, 0.2) is 17.3 Å². The molecule has 1 aliphatic rings. The number of fused-ring (bicyclic) bond motifs is 1. The van der Waals surface area contributed by atoms with Gasteiger partial charge < -0.3 is 15.2 Å². The Kier molecular flexibility index (Phi) is 6.73. The van der Waals surface area contributed by atoms with Gasteiger partial charge in [0.1, 0.15) is 11.3 Å². The van der Waals surface area contributed by atoms with E-state index in [1.54, 1.807) is 24.0 Å². The lowest BCUT2D eigenvalue weighted by Gasteiger charge is -2.24. The van der Waals surface area contributed by atoms with Crippen LogP contribution in [0.25, 0.3) is 22.6 Å². The molecule has 34 heavy (non-hydrogen) atoms. The second-order valence-corrected chi connectivity index (χ2v) is 9.31. The van der Waals surface area contributed by atoms with Gasteiger partial charge in [-0.25, -0.2) is 18.7 Å². The molecule has 6 nitrogen and oxygen atoms in total. The normalized spacial score (nSPS) is 16.1. The van der Waals surface area contributed by atoms with Gasteiger partial charge in [-0.05, 0) is 61.9 Å². The van der Waals surface area contributed by atoms with E-state index in [9.17, 15) is 8.78 Å². The molecule has 1 saturated heterocycles. The highest BCUT2D eigenvalue weighted by Crippen LogP contribution is 2.32. The summed E-state index contributed by atoms with van der Waals surface area (Å²) in [6.45, 7) is 3.12. The Balaban J connectivity index is 1.51. The zero-order valence-electron chi connectivity index (χ0n) is 18.9. The van der Waals surface area contributed by atoms with E-state index in [0.29, 0.717) is 17.4 Å².